The smallest absolute Gasteiger partial charge is 0.00264 e. The summed E-state index contributed by atoms with van der Waals surface area (Å²) in [6.07, 6.45) is 0. The highest BCUT2D eigenvalue weighted by molar-refractivity contribution is 6.17. The lowest BCUT2D eigenvalue weighted by molar-refractivity contribution is 0.601. The molecule has 0 saturated heterocycles. The maximum atomic E-state index is 2.46. The maximum Gasteiger partial charge on any atom is -0.00264 e. The lowest BCUT2D eigenvalue weighted by Crippen LogP contribution is -2.13. The van der Waals surface area contributed by atoms with Crippen molar-refractivity contribution in [1.29, 1.82) is 0 Å². The van der Waals surface area contributed by atoms with Gasteiger partial charge in [0.25, 0.3) is 0 Å². The maximum absolute atomic E-state index is 2.46. The second-order valence-corrected chi connectivity index (χ2v) is 13.7. The first-order chi connectivity index (χ1) is 22.5. The zero-order valence-corrected chi connectivity index (χ0v) is 26.4. The van der Waals surface area contributed by atoms with E-state index in [0.717, 1.165) is 0 Å². The van der Waals surface area contributed by atoms with E-state index in [1.165, 1.54) is 93.5 Å². The van der Waals surface area contributed by atoms with Gasteiger partial charge in [-0.05, 0) is 117 Å². The molecule has 0 aliphatic heterocycles. The van der Waals surface area contributed by atoms with Gasteiger partial charge in [0.15, 0.2) is 0 Å². The Bertz CT molecular complexity index is 2480. The summed E-state index contributed by atoms with van der Waals surface area (Å²) in [5.74, 6) is 0. The fourth-order valence-electron chi connectivity index (χ4n) is 7.93. The number of benzene rings is 8. The van der Waals surface area contributed by atoms with Crippen LogP contribution in [0.2, 0.25) is 0 Å². The van der Waals surface area contributed by atoms with Gasteiger partial charge in [0, 0.05) is 0 Å². The standard InChI is InChI=1S/C46H34/c1-46(2,3)45-40-19-8-7-18-37(40)44(34-17-9-16-31(26-34)29-12-5-4-6-13-29)39-25-23-33(28-42(39)45)32-22-24-35-36-20-10-14-30-15-11-21-38(43(30)36)41(35)27-32/h4-28H,1-3H3. The zero-order valence-electron chi connectivity index (χ0n) is 26.4. The summed E-state index contributed by atoms with van der Waals surface area (Å²) >= 11 is 0. The van der Waals surface area contributed by atoms with Crippen molar-refractivity contribution in [3.05, 3.63) is 157 Å². The second-order valence-electron chi connectivity index (χ2n) is 13.7. The van der Waals surface area contributed by atoms with Crippen LogP contribution >= 0.6 is 0 Å². The number of hydrogen-bond acceptors (Lipinski definition) is 0. The lowest BCUT2D eigenvalue weighted by Gasteiger charge is -2.27. The van der Waals surface area contributed by atoms with E-state index in [2.05, 4.69) is 172 Å². The van der Waals surface area contributed by atoms with Crippen LogP contribution in [0.3, 0.4) is 0 Å². The molecule has 0 nitrogen and oxygen atoms in total. The predicted molar refractivity (Wildman–Crippen MR) is 198 cm³/mol. The fourth-order valence-corrected chi connectivity index (χ4v) is 7.93. The molecule has 0 bridgehead atoms. The average molecular weight is 587 g/mol. The predicted octanol–water partition coefficient (Wildman–Crippen LogP) is 13.1. The number of rotatable bonds is 3. The van der Waals surface area contributed by atoms with Crippen molar-refractivity contribution in [1.82, 2.24) is 0 Å². The molecule has 1 aliphatic rings. The molecular formula is C46H34. The molecule has 0 heteroatoms. The van der Waals surface area contributed by atoms with E-state index < -0.39 is 0 Å². The van der Waals surface area contributed by atoms with Crippen LogP contribution in [0, 0.1) is 0 Å². The van der Waals surface area contributed by atoms with Crippen LogP contribution in [0.25, 0.3) is 88.0 Å². The molecule has 0 saturated carbocycles. The summed E-state index contributed by atoms with van der Waals surface area (Å²) < 4.78 is 0. The Hall–Kier alpha value is -5.46. The van der Waals surface area contributed by atoms with E-state index in [1.54, 1.807) is 0 Å². The Labute approximate surface area is 270 Å². The molecule has 0 fully saturated rings. The Kier molecular flexibility index (Phi) is 5.86. The minimum atomic E-state index is -0.0455. The van der Waals surface area contributed by atoms with Crippen LogP contribution in [0.15, 0.2) is 152 Å². The highest BCUT2D eigenvalue weighted by Crippen LogP contribution is 2.49. The molecule has 1 aliphatic carbocycles. The minimum absolute atomic E-state index is 0.0455. The van der Waals surface area contributed by atoms with Crippen molar-refractivity contribution in [3.8, 4) is 55.6 Å². The fraction of sp³-hybridized carbons (Fsp3) is 0.0870. The summed E-state index contributed by atoms with van der Waals surface area (Å²) in [7, 11) is 0. The molecular weight excluding hydrogens is 553 g/mol. The summed E-state index contributed by atoms with van der Waals surface area (Å²) in [6, 6.07) is 56.3. The van der Waals surface area contributed by atoms with Gasteiger partial charge in [-0.3, -0.25) is 0 Å². The van der Waals surface area contributed by atoms with Gasteiger partial charge in [-0.25, -0.2) is 0 Å². The van der Waals surface area contributed by atoms with E-state index >= 15 is 0 Å². The largest absolute Gasteiger partial charge is 0.0622 e. The zero-order chi connectivity index (χ0) is 31.0. The Morgan fingerprint density at radius 2 is 0.935 bits per heavy atom. The first kappa shape index (κ1) is 26.9. The lowest BCUT2D eigenvalue weighted by atomic mass is 9.77. The van der Waals surface area contributed by atoms with Gasteiger partial charge in [0.2, 0.25) is 0 Å². The van der Waals surface area contributed by atoms with Gasteiger partial charge >= 0.3 is 0 Å². The van der Waals surface area contributed by atoms with E-state index in [4.69, 9.17) is 0 Å². The van der Waals surface area contributed by atoms with Crippen molar-refractivity contribution >= 4 is 32.3 Å². The molecule has 46 heavy (non-hydrogen) atoms. The van der Waals surface area contributed by atoms with Crippen LogP contribution in [-0.2, 0) is 5.41 Å². The topological polar surface area (TPSA) is 0 Å². The Morgan fingerprint density at radius 3 is 1.72 bits per heavy atom. The third-order valence-electron chi connectivity index (χ3n) is 9.87. The second kappa shape index (κ2) is 10.0. The number of hydrogen-bond donors (Lipinski definition) is 0. The van der Waals surface area contributed by atoms with Gasteiger partial charge in [-0.1, -0.05) is 154 Å². The van der Waals surface area contributed by atoms with Gasteiger partial charge in [0.1, 0.15) is 0 Å². The highest BCUT2D eigenvalue weighted by atomic mass is 14.3. The minimum Gasteiger partial charge on any atom is -0.0622 e. The normalized spacial score (nSPS) is 12.2. The van der Waals surface area contributed by atoms with Crippen molar-refractivity contribution in [2.24, 2.45) is 0 Å². The molecule has 0 atom stereocenters. The van der Waals surface area contributed by atoms with E-state index in [0.29, 0.717) is 0 Å². The first-order valence-corrected chi connectivity index (χ1v) is 16.3. The summed E-state index contributed by atoms with van der Waals surface area (Å²) in [5, 5.41) is 7.95. The molecule has 0 N–H and O–H groups in total. The van der Waals surface area contributed by atoms with Crippen LogP contribution in [0.1, 0.15) is 26.3 Å². The molecule has 0 spiro atoms. The molecule has 0 heterocycles. The molecule has 0 aromatic heterocycles. The quantitative estimate of drug-likeness (QED) is 0.181. The summed E-state index contributed by atoms with van der Waals surface area (Å²) in [5.41, 5.74) is 14.2. The average Bonchev–Trinajstić information content (AvgIpc) is 3.41. The van der Waals surface area contributed by atoms with E-state index in [9.17, 15) is 0 Å². The first-order valence-electron chi connectivity index (χ1n) is 16.3. The van der Waals surface area contributed by atoms with Crippen LogP contribution < -0.4 is 0 Å². The molecule has 0 radical (unpaired) electrons. The van der Waals surface area contributed by atoms with Gasteiger partial charge in [-0.15, -0.1) is 0 Å². The van der Waals surface area contributed by atoms with E-state index in [-0.39, 0.29) is 5.41 Å². The number of fused-ring (bicyclic) bond motifs is 5. The van der Waals surface area contributed by atoms with Crippen LogP contribution in [0.5, 0.6) is 0 Å². The van der Waals surface area contributed by atoms with Crippen LogP contribution in [0.4, 0.5) is 0 Å². The van der Waals surface area contributed by atoms with E-state index in [1.807, 2.05) is 0 Å². The van der Waals surface area contributed by atoms with Crippen molar-refractivity contribution < 1.29 is 0 Å². The monoisotopic (exact) mass is 586 g/mol. The Morgan fingerprint density at radius 1 is 0.348 bits per heavy atom. The molecule has 218 valence electrons. The third-order valence-corrected chi connectivity index (χ3v) is 9.87. The SMILES string of the molecule is CC(C)(C)c1c2ccccc2c(-c2cccc(-c3ccccc3)c2)c2ccc(-c3ccc4c(c3)-c3cccc5cccc-4c35)cc12. The third kappa shape index (κ3) is 4.07. The van der Waals surface area contributed by atoms with Gasteiger partial charge in [-0.2, -0.15) is 0 Å². The summed E-state index contributed by atoms with van der Waals surface area (Å²) in [4.78, 5) is 0. The molecule has 0 amide bonds. The summed E-state index contributed by atoms with van der Waals surface area (Å²) in [6.45, 7) is 7.05. The molecule has 9 rings (SSSR count). The Balaban J connectivity index is 1.29. The van der Waals surface area contributed by atoms with Gasteiger partial charge < -0.3 is 0 Å². The van der Waals surface area contributed by atoms with Crippen molar-refractivity contribution in [3.63, 3.8) is 0 Å². The molecule has 8 aromatic rings. The highest BCUT2D eigenvalue weighted by Gasteiger charge is 2.25. The van der Waals surface area contributed by atoms with Gasteiger partial charge in [0.05, 0.1) is 0 Å². The van der Waals surface area contributed by atoms with Crippen LogP contribution in [-0.4, -0.2) is 0 Å². The molecule has 8 aromatic carbocycles. The van der Waals surface area contributed by atoms with Crippen molar-refractivity contribution in [2.45, 2.75) is 26.2 Å². The van der Waals surface area contributed by atoms with Crippen molar-refractivity contribution in [2.75, 3.05) is 0 Å². The molecule has 0 unspecified atom stereocenters.